The summed E-state index contributed by atoms with van der Waals surface area (Å²) in [6, 6.07) is 9.62. The van der Waals surface area contributed by atoms with E-state index in [1.54, 1.807) is 0 Å². The number of hydrogen-bond donors (Lipinski definition) is 2. The third kappa shape index (κ3) is 2.89. The largest absolute Gasteiger partial charge is 0.361 e. The second-order valence-electron chi connectivity index (χ2n) is 4.15. The van der Waals surface area contributed by atoms with Gasteiger partial charge in [0.05, 0.1) is 6.07 Å². The van der Waals surface area contributed by atoms with Crippen molar-refractivity contribution >= 4 is 16.8 Å². The number of nitrogens with one attached hydrogen (secondary N) is 2. The average Bonchev–Trinajstić information content (AvgIpc) is 2.85. The van der Waals surface area contributed by atoms with Crippen LogP contribution < -0.4 is 5.32 Å². The molecule has 0 saturated heterocycles. The zero-order valence-electron chi connectivity index (χ0n) is 10.1. The molecular formula is C14H15N3O. The number of nitrogens with zero attached hydrogens (tertiary/aromatic N) is 1. The first-order valence-electron chi connectivity index (χ1n) is 6.03. The van der Waals surface area contributed by atoms with Crippen LogP contribution in [0.2, 0.25) is 0 Å². The van der Waals surface area contributed by atoms with Crippen LogP contribution in [0.4, 0.5) is 0 Å². The van der Waals surface area contributed by atoms with Gasteiger partial charge >= 0.3 is 0 Å². The lowest BCUT2D eigenvalue weighted by Gasteiger charge is -2.04. The minimum atomic E-state index is -0.0601. The predicted octanol–water partition coefficient (Wildman–Crippen LogP) is 2.59. The molecule has 92 valence electrons. The molecule has 4 nitrogen and oxygen atoms in total. The van der Waals surface area contributed by atoms with Gasteiger partial charge in [-0.1, -0.05) is 0 Å². The van der Waals surface area contributed by atoms with Crippen molar-refractivity contribution in [2.75, 3.05) is 6.54 Å². The van der Waals surface area contributed by atoms with Gasteiger partial charge in [-0.3, -0.25) is 4.79 Å². The van der Waals surface area contributed by atoms with Gasteiger partial charge in [-0.25, -0.2) is 0 Å². The Morgan fingerprint density at radius 2 is 2.22 bits per heavy atom. The van der Waals surface area contributed by atoms with Gasteiger partial charge < -0.3 is 10.3 Å². The van der Waals surface area contributed by atoms with Crippen molar-refractivity contribution in [3.8, 4) is 6.07 Å². The van der Waals surface area contributed by atoms with Crippen molar-refractivity contribution < 1.29 is 4.79 Å². The Kier molecular flexibility index (Phi) is 3.98. The van der Waals surface area contributed by atoms with Gasteiger partial charge in [-0.15, -0.1) is 0 Å². The number of aromatic amines is 1. The molecule has 1 amide bonds. The van der Waals surface area contributed by atoms with Gasteiger partial charge in [-0.05, 0) is 37.1 Å². The Morgan fingerprint density at radius 3 is 3.06 bits per heavy atom. The molecule has 0 spiro atoms. The summed E-state index contributed by atoms with van der Waals surface area (Å²) < 4.78 is 0. The number of H-pyrrole nitrogens is 1. The minimum absolute atomic E-state index is 0.0601. The predicted molar refractivity (Wildman–Crippen MR) is 70.1 cm³/mol. The van der Waals surface area contributed by atoms with Crippen LogP contribution in [-0.4, -0.2) is 17.4 Å². The number of rotatable bonds is 5. The molecule has 1 heterocycles. The summed E-state index contributed by atoms with van der Waals surface area (Å²) >= 11 is 0. The first kappa shape index (κ1) is 12.2. The highest BCUT2D eigenvalue weighted by Gasteiger charge is 2.05. The van der Waals surface area contributed by atoms with Crippen LogP contribution in [-0.2, 0) is 0 Å². The molecule has 18 heavy (non-hydrogen) atoms. The number of carbonyl (C=O) groups excluding carboxylic acids is 1. The van der Waals surface area contributed by atoms with E-state index in [1.165, 1.54) is 0 Å². The number of carbonyl (C=O) groups is 1. The second kappa shape index (κ2) is 5.87. The van der Waals surface area contributed by atoms with E-state index in [-0.39, 0.29) is 5.91 Å². The van der Waals surface area contributed by atoms with E-state index in [0.29, 0.717) is 18.5 Å². The first-order chi connectivity index (χ1) is 8.81. The molecule has 0 aliphatic carbocycles. The van der Waals surface area contributed by atoms with Gasteiger partial charge in [0.1, 0.15) is 0 Å². The monoisotopic (exact) mass is 241 g/mol. The van der Waals surface area contributed by atoms with E-state index in [0.717, 1.165) is 23.7 Å². The molecule has 2 rings (SSSR count). The molecule has 0 fully saturated rings. The molecule has 4 heteroatoms. The van der Waals surface area contributed by atoms with Crippen LogP contribution in [0.25, 0.3) is 10.9 Å². The van der Waals surface area contributed by atoms with E-state index in [4.69, 9.17) is 5.26 Å². The van der Waals surface area contributed by atoms with E-state index < -0.39 is 0 Å². The number of benzene rings is 1. The van der Waals surface area contributed by atoms with Gasteiger partial charge in [0, 0.05) is 35.6 Å². The number of hydrogen-bond acceptors (Lipinski definition) is 2. The van der Waals surface area contributed by atoms with E-state index in [2.05, 4.69) is 16.4 Å². The Bertz CT molecular complexity index is 580. The van der Waals surface area contributed by atoms with E-state index in [9.17, 15) is 4.79 Å². The topological polar surface area (TPSA) is 68.7 Å². The summed E-state index contributed by atoms with van der Waals surface area (Å²) in [5.74, 6) is -0.0601. The second-order valence-corrected chi connectivity index (χ2v) is 4.15. The van der Waals surface area contributed by atoms with Gasteiger partial charge in [0.15, 0.2) is 0 Å². The molecule has 1 aromatic carbocycles. The first-order valence-corrected chi connectivity index (χ1v) is 6.03. The smallest absolute Gasteiger partial charge is 0.251 e. The Hall–Kier alpha value is -2.28. The van der Waals surface area contributed by atoms with Crippen LogP contribution in [0.3, 0.4) is 0 Å². The van der Waals surface area contributed by atoms with Crippen LogP contribution in [0.15, 0.2) is 30.5 Å². The van der Waals surface area contributed by atoms with Crippen molar-refractivity contribution in [2.45, 2.75) is 19.3 Å². The lowest BCUT2D eigenvalue weighted by molar-refractivity contribution is 0.0953. The lowest BCUT2D eigenvalue weighted by Crippen LogP contribution is -2.24. The lowest BCUT2D eigenvalue weighted by atomic mass is 10.1. The molecular weight excluding hydrogens is 226 g/mol. The van der Waals surface area contributed by atoms with Crippen molar-refractivity contribution in [1.29, 1.82) is 5.26 Å². The molecule has 0 saturated carbocycles. The fourth-order valence-electron chi connectivity index (χ4n) is 1.83. The summed E-state index contributed by atoms with van der Waals surface area (Å²) in [5, 5.41) is 12.3. The van der Waals surface area contributed by atoms with Crippen LogP contribution in [0.5, 0.6) is 0 Å². The summed E-state index contributed by atoms with van der Waals surface area (Å²) in [7, 11) is 0. The van der Waals surface area contributed by atoms with Gasteiger partial charge in [-0.2, -0.15) is 5.26 Å². The molecule has 0 unspecified atom stereocenters. The van der Waals surface area contributed by atoms with Crippen molar-refractivity contribution in [1.82, 2.24) is 10.3 Å². The molecule has 0 atom stereocenters. The number of unbranched alkanes of at least 4 members (excludes halogenated alkanes) is 2. The van der Waals surface area contributed by atoms with Crippen molar-refractivity contribution in [2.24, 2.45) is 0 Å². The third-order valence-electron chi connectivity index (χ3n) is 2.82. The van der Waals surface area contributed by atoms with Crippen molar-refractivity contribution in [3.63, 3.8) is 0 Å². The van der Waals surface area contributed by atoms with Crippen LogP contribution in [0, 0.1) is 11.3 Å². The standard InChI is InChI=1S/C14H15N3O/c15-7-2-1-3-8-17-14(18)12-4-5-13-11(10-12)6-9-16-13/h4-6,9-10,16H,1-3,8H2,(H,17,18). The van der Waals surface area contributed by atoms with E-state index >= 15 is 0 Å². The fraction of sp³-hybridized carbons (Fsp3) is 0.286. The SMILES string of the molecule is N#CCCCCNC(=O)c1ccc2[nH]ccc2c1. The minimum Gasteiger partial charge on any atom is -0.361 e. The normalized spacial score (nSPS) is 10.2. The van der Waals surface area contributed by atoms with Gasteiger partial charge in [0.25, 0.3) is 5.91 Å². The zero-order chi connectivity index (χ0) is 12.8. The molecule has 1 aromatic heterocycles. The van der Waals surface area contributed by atoms with Gasteiger partial charge in [0.2, 0.25) is 0 Å². The summed E-state index contributed by atoms with van der Waals surface area (Å²) in [5.41, 5.74) is 1.70. The summed E-state index contributed by atoms with van der Waals surface area (Å²) in [6.07, 6.45) is 4.07. The third-order valence-corrected chi connectivity index (χ3v) is 2.82. The molecule has 0 radical (unpaired) electrons. The maximum Gasteiger partial charge on any atom is 0.251 e. The average molecular weight is 241 g/mol. The van der Waals surface area contributed by atoms with Crippen LogP contribution >= 0.6 is 0 Å². The highest BCUT2D eigenvalue weighted by atomic mass is 16.1. The highest BCUT2D eigenvalue weighted by Crippen LogP contribution is 2.14. The fourth-order valence-corrected chi connectivity index (χ4v) is 1.83. The summed E-state index contributed by atoms with van der Waals surface area (Å²) in [6.45, 7) is 0.617. The number of aromatic nitrogens is 1. The maximum atomic E-state index is 11.9. The Morgan fingerprint density at radius 1 is 1.33 bits per heavy atom. The van der Waals surface area contributed by atoms with E-state index in [1.807, 2.05) is 30.5 Å². The zero-order valence-corrected chi connectivity index (χ0v) is 10.1. The molecule has 0 bridgehead atoms. The molecule has 2 N–H and O–H groups in total. The van der Waals surface area contributed by atoms with Crippen LogP contribution in [0.1, 0.15) is 29.6 Å². The molecule has 2 aromatic rings. The number of fused-ring (bicyclic) bond motifs is 1. The maximum absolute atomic E-state index is 11.9. The number of amides is 1. The Labute approximate surface area is 106 Å². The Balaban J connectivity index is 1.90. The quantitative estimate of drug-likeness (QED) is 0.790. The number of nitriles is 1. The molecule has 0 aliphatic heterocycles. The van der Waals surface area contributed by atoms with Crippen molar-refractivity contribution in [3.05, 3.63) is 36.0 Å². The molecule has 0 aliphatic rings. The summed E-state index contributed by atoms with van der Waals surface area (Å²) in [4.78, 5) is 14.9. The highest BCUT2D eigenvalue weighted by molar-refractivity contribution is 5.98.